The molecule has 0 spiro atoms. The molecule has 25 nitrogen and oxygen atoms in total. The molecule has 9 fully saturated rings. The molecule has 0 aromatic carbocycles. The van der Waals surface area contributed by atoms with Gasteiger partial charge in [-0.05, 0) is 110 Å². The Morgan fingerprint density at radius 3 is 1.87 bits per heavy atom. The number of hydrogen-bond acceptors (Lipinski definition) is 25. The summed E-state index contributed by atoms with van der Waals surface area (Å²) in [7, 11) is 0. The van der Waals surface area contributed by atoms with Gasteiger partial charge < -0.3 is 119 Å². The number of aliphatic hydroxyl groups is 14. The number of fused-ring (bicyclic) bond motifs is 7. The zero-order valence-electron chi connectivity index (χ0n) is 48.2. The molecule has 0 amide bonds. The first-order chi connectivity index (χ1) is 38.4. The average molecular weight is 1180 g/mol. The van der Waals surface area contributed by atoms with E-state index in [1.54, 1.807) is 0 Å². The minimum Gasteiger partial charge on any atom is -0.432 e. The monoisotopic (exact) mass is 1180 g/mol. The molecule has 0 bridgehead atoms. The Bertz CT molecular complexity index is 2310. The van der Waals surface area contributed by atoms with Crippen LogP contribution < -0.4 is 0 Å². The summed E-state index contributed by atoms with van der Waals surface area (Å²) in [5.74, 6) is -1.02. The summed E-state index contributed by atoms with van der Waals surface area (Å²) >= 11 is 0. The minimum atomic E-state index is -2.01. The summed E-state index contributed by atoms with van der Waals surface area (Å²) in [5, 5.41) is 152. The third kappa shape index (κ3) is 10.1. The molecule has 5 saturated heterocycles. The lowest BCUT2D eigenvalue weighted by Crippen LogP contribution is -2.68. The van der Waals surface area contributed by atoms with Gasteiger partial charge in [-0.3, -0.25) is 4.79 Å². The largest absolute Gasteiger partial charge is 0.432 e. The molecular formula is C57H92O25. The van der Waals surface area contributed by atoms with Gasteiger partial charge in [0.1, 0.15) is 96.5 Å². The van der Waals surface area contributed by atoms with E-state index >= 15 is 4.79 Å². The summed E-state index contributed by atoms with van der Waals surface area (Å²) < 4.78 is 59.0. The molecule has 0 radical (unpaired) electrons. The first kappa shape index (κ1) is 63.3. The Labute approximate surface area is 477 Å². The maximum atomic E-state index is 15.2. The molecule has 5 aliphatic carbocycles. The molecule has 30 atom stereocenters. The summed E-state index contributed by atoms with van der Waals surface area (Å²) in [6.07, 6.45) is -24.5. The topological polar surface area (TPSA) is 393 Å². The van der Waals surface area contributed by atoms with Crippen LogP contribution in [-0.2, 0) is 52.2 Å². The van der Waals surface area contributed by atoms with E-state index in [-0.39, 0.29) is 47.5 Å². The van der Waals surface area contributed by atoms with Gasteiger partial charge in [0.2, 0.25) is 6.29 Å². The van der Waals surface area contributed by atoms with E-state index in [2.05, 4.69) is 54.5 Å². The number of carbonyl (C=O) groups is 1. The molecule has 0 aromatic heterocycles. The standard InChI is InChI=1S/C57H92O25/c1-24-41(79-49-44(70)56(72,22-60)23-74-49)35(64)38(67)46(75-24)81-43-29(20-59)77-48(40(43)69)82-50(71)57-16-15-51(2,3)17-26(57)25-9-10-31-53(6)13-12-33(52(4,5)30(53)11-14-54(31,7)55(25,8)18-32(57)62)78-47-39(68)36(65)42(28(19-58)76-47)80-45-37(66)34(63)27(61)21-73-45/h9,24,26-49,58-70,72H,10-23H2,1-8H3/t24-,26?,27?,28?,29-,30?,31?,32?,33-,34?,35-,36?,37?,38+,39?,40+,41-,42?,43-,44-,45?,46-,47?,48-,49+,53-,54+,55+,56+,57+/m0/s1. The van der Waals surface area contributed by atoms with Crippen LogP contribution in [0.2, 0.25) is 0 Å². The van der Waals surface area contributed by atoms with Crippen molar-refractivity contribution in [2.24, 2.45) is 50.2 Å². The fourth-order valence-electron chi connectivity index (χ4n) is 17.3. The molecule has 4 saturated carbocycles. The van der Waals surface area contributed by atoms with Crippen molar-refractivity contribution in [3.63, 3.8) is 0 Å². The minimum absolute atomic E-state index is 0.0954. The SMILES string of the molecule is C[C@@H]1O[C@@H](O[C@@H]2[C@@H](O)[C@H](OC(=O)[C@]34CCC(C)(C)CC3C3=CCC5[C@@]6(C)CC[C@H](OC7OC(CO)C(OC8OCC(O)C(O)C8O)C(O)C7O)C(C)(C)C6CC[C@@]5(C)[C@]3(C)CC4O)O[C@H]2CO)[C@H](O)[C@H](O)[C@H]1O[C@H]1OC[C@](O)(CO)[C@H]1O. The van der Waals surface area contributed by atoms with E-state index in [1.165, 1.54) is 6.92 Å². The maximum Gasteiger partial charge on any atom is 0.317 e. The highest BCUT2D eigenvalue weighted by atomic mass is 16.8. The second kappa shape index (κ2) is 22.7. The van der Waals surface area contributed by atoms with E-state index in [9.17, 15) is 71.5 Å². The van der Waals surface area contributed by atoms with Crippen LogP contribution in [0.1, 0.15) is 113 Å². The van der Waals surface area contributed by atoms with Crippen molar-refractivity contribution in [3.05, 3.63) is 11.6 Å². The van der Waals surface area contributed by atoms with Gasteiger partial charge >= 0.3 is 5.97 Å². The van der Waals surface area contributed by atoms with Crippen molar-refractivity contribution >= 4 is 5.97 Å². The summed E-state index contributed by atoms with van der Waals surface area (Å²) in [5.41, 5.74) is -4.32. The molecule has 14 N–H and O–H groups in total. The van der Waals surface area contributed by atoms with Crippen LogP contribution in [0.4, 0.5) is 0 Å². The molecule has 5 heterocycles. The normalized spacial score (nSPS) is 54.5. The van der Waals surface area contributed by atoms with Gasteiger partial charge in [0.25, 0.3) is 0 Å². The van der Waals surface area contributed by atoms with Gasteiger partial charge in [-0.1, -0.05) is 60.1 Å². The zero-order valence-corrected chi connectivity index (χ0v) is 48.2. The lowest BCUT2D eigenvalue weighted by molar-refractivity contribution is -0.360. The highest BCUT2D eigenvalue weighted by molar-refractivity contribution is 5.80. The Morgan fingerprint density at radius 2 is 1.22 bits per heavy atom. The number of ether oxygens (including phenoxy) is 10. The highest BCUT2D eigenvalue weighted by Crippen LogP contribution is 2.76. The van der Waals surface area contributed by atoms with Crippen molar-refractivity contribution < 1.29 is 124 Å². The van der Waals surface area contributed by atoms with E-state index < -0.39 is 195 Å². The van der Waals surface area contributed by atoms with E-state index in [4.69, 9.17) is 47.4 Å². The molecule has 470 valence electrons. The number of carbonyl (C=O) groups excluding carboxylic acids is 1. The van der Waals surface area contributed by atoms with Crippen molar-refractivity contribution in [1.29, 1.82) is 0 Å². The van der Waals surface area contributed by atoms with Crippen LogP contribution in [-0.4, -0.2) is 251 Å². The lowest BCUT2D eigenvalue weighted by Gasteiger charge is -2.71. The van der Waals surface area contributed by atoms with Crippen molar-refractivity contribution in [3.8, 4) is 0 Å². The Balaban J connectivity index is 0.829. The number of aliphatic hydroxyl groups excluding tert-OH is 13. The first-order valence-electron chi connectivity index (χ1n) is 29.5. The van der Waals surface area contributed by atoms with Gasteiger partial charge in [-0.25, -0.2) is 0 Å². The molecule has 82 heavy (non-hydrogen) atoms. The van der Waals surface area contributed by atoms with Crippen molar-refractivity contribution in [2.75, 3.05) is 33.0 Å². The fourth-order valence-corrected chi connectivity index (χ4v) is 17.3. The van der Waals surface area contributed by atoms with Crippen LogP contribution in [0, 0.1) is 50.2 Å². The number of hydrogen-bond donors (Lipinski definition) is 14. The van der Waals surface area contributed by atoms with Gasteiger partial charge in [-0.2, -0.15) is 0 Å². The first-order valence-corrected chi connectivity index (χ1v) is 29.5. The molecular weight excluding hydrogens is 1080 g/mol. The van der Waals surface area contributed by atoms with Crippen molar-refractivity contribution in [1.82, 2.24) is 0 Å². The van der Waals surface area contributed by atoms with Crippen LogP contribution in [0.15, 0.2) is 11.6 Å². The summed E-state index contributed by atoms with van der Waals surface area (Å²) in [4.78, 5) is 15.2. The van der Waals surface area contributed by atoms with Gasteiger partial charge in [0, 0.05) is 0 Å². The second-order valence-electron chi connectivity index (χ2n) is 27.9. The van der Waals surface area contributed by atoms with Gasteiger partial charge in [0.05, 0.1) is 51.3 Å². The molecule has 13 unspecified atom stereocenters. The predicted molar refractivity (Wildman–Crippen MR) is 277 cm³/mol. The molecule has 10 rings (SSSR count). The van der Waals surface area contributed by atoms with Crippen molar-refractivity contribution in [2.45, 2.75) is 254 Å². The molecule has 25 heteroatoms. The fraction of sp³-hybridized carbons (Fsp3) is 0.947. The molecule has 10 aliphatic rings. The highest BCUT2D eigenvalue weighted by Gasteiger charge is 2.72. The Kier molecular flexibility index (Phi) is 17.5. The quantitative estimate of drug-likeness (QED) is 0.0524. The number of rotatable bonds is 13. The van der Waals surface area contributed by atoms with Crippen LogP contribution >= 0.6 is 0 Å². The number of esters is 1. The third-order valence-electron chi connectivity index (χ3n) is 22.5. The number of allylic oxidation sites excluding steroid dienone is 2. The van der Waals surface area contributed by atoms with Crippen LogP contribution in [0.5, 0.6) is 0 Å². The third-order valence-corrected chi connectivity index (χ3v) is 22.5. The Morgan fingerprint density at radius 1 is 0.622 bits per heavy atom. The van der Waals surface area contributed by atoms with E-state index in [0.29, 0.717) is 25.7 Å². The smallest absolute Gasteiger partial charge is 0.317 e. The summed E-state index contributed by atoms with van der Waals surface area (Å²) in [6.45, 7) is 14.0. The Hall–Kier alpha value is -1.71. The predicted octanol–water partition coefficient (Wildman–Crippen LogP) is -2.29. The maximum absolute atomic E-state index is 15.2. The van der Waals surface area contributed by atoms with E-state index in [0.717, 1.165) is 24.8 Å². The molecule has 0 aromatic rings. The average Bonchev–Trinajstić information content (AvgIpc) is 3.18. The zero-order chi connectivity index (χ0) is 59.8. The van der Waals surface area contributed by atoms with Gasteiger partial charge in [-0.15, -0.1) is 0 Å². The van der Waals surface area contributed by atoms with Gasteiger partial charge in [0.15, 0.2) is 25.2 Å². The van der Waals surface area contributed by atoms with Crippen LogP contribution in [0.3, 0.4) is 0 Å². The molecule has 5 aliphatic heterocycles. The van der Waals surface area contributed by atoms with E-state index in [1.807, 2.05) is 0 Å². The summed E-state index contributed by atoms with van der Waals surface area (Å²) in [6, 6.07) is 0. The lowest BCUT2D eigenvalue weighted by atomic mass is 9.33. The van der Waals surface area contributed by atoms with Crippen LogP contribution in [0.25, 0.3) is 0 Å². The second-order valence-corrected chi connectivity index (χ2v) is 27.9.